The van der Waals surface area contributed by atoms with Crippen molar-refractivity contribution in [2.24, 2.45) is 0 Å². The molecule has 0 spiro atoms. The third kappa shape index (κ3) is 2.43. The van der Waals surface area contributed by atoms with Crippen LogP contribution in [0, 0.1) is 5.82 Å². The van der Waals surface area contributed by atoms with Crippen LogP contribution in [0.5, 0.6) is 0 Å². The highest BCUT2D eigenvalue weighted by atomic mass is 19.1. The number of carbonyl (C=O) groups is 1. The van der Waals surface area contributed by atoms with Gasteiger partial charge in [0, 0.05) is 5.39 Å². The molecule has 0 aliphatic heterocycles. The van der Waals surface area contributed by atoms with E-state index in [4.69, 9.17) is 4.74 Å². The maximum Gasteiger partial charge on any atom is 0.435 e. The van der Waals surface area contributed by atoms with Gasteiger partial charge < -0.3 is 4.74 Å². The average molecular weight is 236 g/mol. The van der Waals surface area contributed by atoms with Crippen molar-refractivity contribution in [2.75, 3.05) is 0 Å². The number of rotatable bonds is 0. The van der Waals surface area contributed by atoms with E-state index in [-0.39, 0.29) is 5.82 Å². The standard InChI is InChI=1S/C12H13FN2O2/c1-12(2,3)17-11(16)15-10-5-4-9(13)6-8(10)7-14-15/h4-7H,1-3H3. The number of halogens is 1. The zero-order valence-corrected chi connectivity index (χ0v) is 9.90. The zero-order chi connectivity index (χ0) is 12.6. The minimum absolute atomic E-state index is 0.360. The highest BCUT2D eigenvalue weighted by molar-refractivity contribution is 5.87. The van der Waals surface area contributed by atoms with Gasteiger partial charge in [0.05, 0.1) is 11.7 Å². The molecule has 0 saturated heterocycles. The van der Waals surface area contributed by atoms with Crippen LogP contribution in [0.1, 0.15) is 20.8 Å². The molecule has 0 fully saturated rings. The molecular weight excluding hydrogens is 223 g/mol. The molecule has 0 aliphatic rings. The summed E-state index contributed by atoms with van der Waals surface area (Å²) >= 11 is 0. The lowest BCUT2D eigenvalue weighted by Gasteiger charge is -2.19. The molecule has 2 aromatic rings. The topological polar surface area (TPSA) is 44.1 Å². The number of nitrogens with zero attached hydrogens (tertiary/aromatic N) is 2. The summed E-state index contributed by atoms with van der Waals surface area (Å²) in [5.74, 6) is -0.360. The van der Waals surface area contributed by atoms with Crippen LogP contribution < -0.4 is 0 Å². The number of fused-ring (bicyclic) bond motifs is 1. The van der Waals surface area contributed by atoms with Crippen LogP contribution in [0.4, 0.5) is 9.18 Å². The molecular formula is C12H13FN2O2. The lowest BCUT2D eigenvalue weighted by molar-refractivity contribution is 0.0522. The van der Waals surface area contributed by atoms with Gasteiger partial charge in [-0.2, -0.15) is 9.78 Å². The van der Waals surface area contributed by atoms with Crippen molar-refractivity contribution >= 4 is 17.0 Å². The molecule has 0 amide bonds. The molecule has 2 rings (SSSR count). The normalized spacial score (nSPS) is 11.8. The van der Waals surface area contributed by atoms with Crippen molar-refractivity contribution in [3.8, 4) is 0 Å². The molecule has 5 heteroatoms. The van der Waals surface area contributed by atoms with E-state index in [2.05, 4.69) is 5.10 Å². The smallest absolute Gasteiger partial charge is 0.435 e. The molecule has 1 heterocycles. The molecule has 0 radical (unpaired) electrons. The van der Waals surface area contributed by atoms with E-state index in [1.807, 2.05) is 0 Å². The van der Waals surface area contributed by atoms with Gasteiger partial charge in [-0.15, -0.1) is 0 Å². The number of ether oxygens (including phenoxy) is 1. The largest absolute Gasteiger partial charge is 0.442 e. The molecule has 90 valence electrons. The molecule has 0 saturated carbocycles. The second-order valence-corrected chi connectivity index (χ2v) is 4.74. The molecule has 1 aromatic heterocycles. The van der Waals surface area contributed by atoms with Gasteiger partial charge in [0.25, 0.3) is 0 Å². The van der Waals surface area contributed by atoms with Crippen molar-refractivity contribution in [2.45, 2.75) is 26.4 Å². The maximum atomic E-state index is 13.0. The first-order chi connectivity index (χ1) is 7.87. The number of aromatic nitrogens is 2. The van der Waals surface area contributed by atoms with Crippen molar-refractivity contribution in [3.05, 3.63) is 30.2 Å². The van der Waals surface area contributed by atoms with Gasteiger partial charge in [-0.25, -0.2) is 9.18 Å². The fourth-order valence-corrected chi connectivity index (χ4v) is 1.45. The molecule has 0 aliphatic carbocycles. The van der Waals surface area contributed by atoms with Gasteiger partial charge in [0.15, 0.2) is 0 Å². The van der Waals surface area contributed by atoms with E-state index < -0.39 is 11.7 Å². The monoisotopic (exact) mass is 236 g/mol. The third-order valence-electron chi connectivity index (χ3n) is 2.10. The summed E-state index contributed by atoms with van der Waals surface area (Å²) < 4.78 is 19.3. The molecule has 0 unspecified atom stereocenters. The Hall–Kier alpha value is -1.91. The second kappa shape index (κ2) is 3.84. The summed E-state index contributed by atoms with van der Waals surface area (Å²) in [5.41, 5.74) is -0.0595. The van der Waals surface area contributed by atoms with Gasteiger partial charge in [-0.05, 0) is 39.0 Å². The Morgan fingerprint density at radius 2 is 2.12 bits per heavy atom. The van der Waals surface area contributed by atoms with Gasteiger partial charge in [-0.3, -0.25) is 0 Å². The van der Waals surface area contributed by atoms with Crippen LogP contribution in [0.3, 0.4) is 0 Å². The third-order valence-corrected chi connectivity index (χ3v) is 2.10. The average Bonchev–Trinajstić information content (AvgIpc) is 2.57. The summed E-state index contributed by atoms with van der Waals surface area (Å²) in [5, 5.41) is 4.46. The van der Waals surface area contributed by atoms with Crippen LogP contribution in [-0.2, 0) is 4.74 Å². The van der Waals surface area contributed by atoms with Crippen LogP contribution >= 0.6 is 0 Å². The zero-order valence-electron chi connectivity index (χ0n) is 9.90. The first-order valence-corrected chi connectivity index (χ1v) is 5.23. The van der Waals surface area contributed by atoms with Crippen molar-refractivity contribution in [3.63, 3.8) is 0 Å². The molecule has 0 atom stereocenters. The number of hydrogen-bond acceptors (Lipinski definition) is 3. The lowest BCUT2D eigenvalue weighted by Crippen LogP contribution is -2.27. The second-order valence-electron chi connectivity index (χ2n) is 4.74. The number of benzene rings is 1. The summed E-state index contributed by atoms with van der Waals surface area (Å²) in [6.45, 7) is 5.32. The van der Waals surface area contributed by atoms with E-state index in [1.54, 1.807) is 20.8 Å². The molecule has 0 N–H and O–H groups in total. The molecule has 0 bridgehead atoms. The molecule has 17 heavy (non-hydrogen) atoms. The maximum absolute atomic E-state index is 13.0. The van der Waals surface area contributed by atoms with Crippen molar-refractivity contribution < 1.29 is 13.9 Å². The summed E-state index contributed by atoms with van der Waals surface area (Å²) in [7, 11) is 0. The Kier molecular flexibility index (Phi) is 2.61. The Bertz CT molecular complexity index is 569. The highest BCUT2D eigenvalue weighted by Crippen LogP contribution is 2.17. The summed E-state index contributed by atoms with van der Waals surface area (Å²) in [6, 6.07) is 4.11. The fraction of sp³-hybridized carbons (Fsp3) is 0.333. The Morgan fingerprint density at radius 3 is 2.76 bits per heavy atom. The van der Waals surface area contributed by atoms with Gasteiger partial charge in [0.2, 0.25) is 0 Å². The first kappa shape index (κ1) is 11.6. The van der Waals surface area contributed by atoms with Crippen LogP contribution in [-0.4, -0.2) is 21.5 Å². The predicted octanol–water partition coefficient (Wildman–Crippen LogP) is 2.96. The van der Waals surface area contributed by atoms with E-state index in [9.17, 15) is 9.18 Å². The van der Waals surface area contributed by atoms with Crippen molar-refractivity contribution in [1.29, 1.82) is 0 Å². The summed E-state index contributed by atoms with van der Waals surface area (Å²) in [6.07, 6.45) is 0.863. The minimum atomic E-state index is -0.588. The predicted molar refractivity (Wildman–Crippen MR) is 61.3 cm³/mol. The Morgan fingerprint density at radius 1 is 1.41 bits per heavy atom. The van der Waals surface area contributed by atoms with Crippen molar-refractivity contribution in [1.82, 2.24) is 9.78 Å². The van der Waals surface area contributed by atoms with Gasteiger partial charge >= 0.3 is 6.09 Å². The number of carbonyl (C=O) groups excluding carboxylic acids is 1. The quantitative estimate of drug-likeness (QED) is 0.706. The molecule has 1 aromatic carbocycles. The van der Waals surface area contributed by atoms with E-state index in [0.29, 0.717) is 10.9 Å². The van der Waals surface area contributed by atoms with Crippen LogP contribution in [0.2, 0.25) is 0 Å². The minimum Gasteiger partial charge on any atom is -0.442 e. The van der Waals surface area contributed by atoms with E-state index in [1.165, 1.54) is 24.4 Å². The summed E-state index contributed by atoms with van der Waals surface area (Å²) in [4.78, 5) is 11.8. The van der Waals surface area contributed by atoms with Crippen LogP contribution in [0.25, 0.3) is 10.9 Å². The van der Waals surface area contributed by atoms with E-state index >= 15 is 0 Å². The Balaban J connectivity index is 2.40. The van der Waals surface area contributed by atoms with E-state index in [0.717, 1.165) is 4.68 Å². The first-order valence-electron chi connectivity index (χ1n) is 5.23. The van der Waals surface area contributed by atoms with Gasteiger partial charge in [0.1, 0.15) is 11.4 Å². The molecule has 4 nitrogen and oxygen atoms in total. The fourth-order valence-electron chi connectivity index (χ4n) is 1.45. The SMILES string of the molecule is CC(C)(C)OC(=O)n1ncc2cc(F)ccc21. The van der Waals surface area contributed by atoms with Gasteiger partial charge in [-0.1, -0.05) is 0 Å². The van der Waals surface area contributed by atoms with Crippen LogP contribution in [0.15, 0.2) is 24.4 Å². The lowest BCUT2D eigenvalue weighted by atomic mass is 10.2. The Labute approximate surface area is 98.0 Å². The highest BCUT2D eigenvalue weighted by Gasteiger charge is 2.19. The number of hydrogen-bond donors (Lipinski definition) is 0.